The van der Waals surface area contributed by atoms with Gasteiger partial charge in [-0.15, -0.1) is 12.4 Å². The summed E-state index contributed by atoms with van der Waals surface area (Å²) in [4.78, 5) is 22.5. The van der Waals surface area contributed by atoms with Crippen LogP contribution in [0.4, 0.5) is 0 Å². The number of aryl methyl sites for hydroxylation is 1. The standard InChI is InChI=1S/C11H13NO3.ClH/c1-7-5-8(10(13)6-12)3-4-9(7)11(14)15-2;/h3-5H,6,12H2,1-2H3;1H. The third-order valence-electron chi connectivity index (χ3n) is 2.14. The van der Waals surface area contributed by atoms with Gasteiger partial charge in [0.25, 0.3) is 0 Å². The van der Waals surface area contributed by atoms with Crippen LogP contribution in [0.25, 0.3) is 0 Å². The molecule has 0 fully saturated rings. The van der Waals surface area contributed by atoms with Crippen LogP contribution >= 0.6 is 12.4 Å². The largest absolute Gasteiger partial charge is 0.465 e. The molecule has 0 saturated heterocycles. The molecule has 5 heteroatoms. The maximum atomic E-state index is 11.3. The van der Waals surface area contributed by atoms with Gasteiger partial charge >= 0.3 is 5.97 Å². The quantitative estimate of drug-likeness (QED) is 0.643. The van der Waals surface area contributed by atoms with Crippen molar-refractivity contribution in [3.05, 3.63) is 34.9 Å². The van der Waals surface area contributed by atoms with Crippen molar-refractivity contribution < 1.29 is 14.3 Å². The summed E-state index contributed by atoms with van der Waals surface area (Å²) in [6, 6.07) is 4.79. The van der Waals surface area contributed by atoms with Crippen LogP contribution in [0.3, 0.4) is 0 Å². The average Bonchev–Trinajstić information content (AvgIpc) is 2.26. The molecule has 0 aliphatic carbocycles. The lowest BCUT2D eigenvalue weighted by molar-refractivity contribution is 0.0599. The number of carbonyl (C=O) groups excluding carboxylic acids is 2. The van der Waals surface area contributed by atoms with Gasteiger partial charge in [0.1, 0.15) is 0 Å². The Balaban J connectivity index is 0.00000225. The molecule has 0 bridgehead atoms. The molecule has 1 rings (SSSR count). The van der Waals surface area contributed by atoms with Crippen LogP contribution in [0, 0.1) is 6.92 Å². The maximum absolute atomic E-state index is 11.3. The summed E-state index contributed by atoms with van der Waals surface area (Å²) < 4.78 is 4.60. The molecular formula is C11H14ClNO3. The van der Waals surface area contributed by atoms with Gasteiger partial charge in [0, 0.05) is 5.56 Å². The topological polar surface area (TPSA) is 69.4 Å². The number of Topliss-reactive ketones (excluding diaryl/α,β-unsaturated/α-hetero) is 1. The lowest BCUT2D eigenvalue weighted by Crippen LogP contribution is -2.14. The molecule has 0 aromatic heterocycles. The fourth-order valence-electron chi connectivity index (χ4n) is 1.29. The molecule has 0 heterocycles. The summed E-state index contributed by atoms with van der Waals surface area (Å²) in [6.45, 7) is 1.72. The van der Waals surface area contributed by atoms with E-state index in [9.17, 15) is 9.59 Å². The van der Waals surface area contributed by atoms with Gasteiger partial charge < -0.3 is 10.5 Å². The van der Waals surface area contributed by atoms with Gasteiger partial charge in [0.2, 0.25) is 0 Å². The third-order valence-corrected chi connectivity index (χ3v) is 2.14. The number of ketones is 1. The molecule has 16 heavy (non-hydrogen) atoms. The van der Waals surface area contributed by atoms with Crippen molar-refractivity contribution in [1.82, 2.24) is 0 Å². The Bertz CT molecular complexity index is 404. The number of hydrogen-bond acceptors (Lipinski definition) is 4. The van der Waals surface area contributed by atoms with Crippen LogP contribution in [-0.4, -0.2) is 25.4 Å². The SMILES string of the molecule is COC(=O)c1ccc(C(=O)CN)cc1C.Cl. The summed E-state index contributed by atoms with van der Waals surface area (Å²) in [7, 11) is 1.32. The van der Waals surface area contributed by atoms with Crippen LogP contribution in [-0.2, 0) is 4.74 Å². The van der Waals surface area contributed by atoms with E-state index in [2.05, 4.69) is 4.74 Å². The molecule has 0 radical (unpaired) electrons. The lowest BCUT2D eigenvalue weighted by Gasteiger charge is -2.05. The van der Waals surface area contributed by atoms with Gasteiger partial charge in [-0.3, -0.25) is 4.79 Å². The second kappa shape index (κ2) is 6.25. The maximum Gasteiger partial charge on any atom is 0.338 e. The first-order valence-corrected chi connectivity index (χ1v) is 4.52. The fourth-order valence-corrected chi connectivity index (χ4v) is 1.29. The molecular weight excluding hydrogens is 230 g/mol. The highest BCUT2D eigenvalue weighted by Gasteiger charge is 2.11. The van der Waals surface area contributed by atoms with E-state index in [0.717, 1.165) is 0 Å². The number of esters is 1. The van der Waals surface area contributed by atoms with Gasteiger partial charge in [-0.25, -0.2) is 4.79 Å². The molecule has 0 saturated carbocycles. The molecule has 0 spiro atoms. The van der Waals surface area contributed by atoms with Crippen molar-refractivity contribution in [3.8, 4) is 0 Å². The normalized spacial score (nSPS) is 9.19. The summed E-state index contributed by atoms with van der Waals surface area (Å²) in [5, 5.41) is 0. The lowest BCUT2D eigenvalue weighted by atomic mass is 10.0. The Hall–Kier alpha value is -1.39. The highest BCUT2D eigenvalue weighted by Crippen LogP contribution is 2.12. The minimum Gasteiger partial charge on any atom is -0.465 e. The molecule has 0 amide bonds. The minimum absolute atomic E-state index is 0. The number of halogens is 1. The van der Waals surface area contributed by atoms with Gasteiger partial charge in [-0.2, -0.15) is 0 Å². The van der Waals surface area contributed by atoms with Crippen LogP contribution in [0.15, 0.2) is 18.2 Å². The Labute approximate surface area is 100 Å². The van der Waals surface area contributed by atoms with E-state index >= 15 is 0 Å². The summed E-state index contributed by atoms with van der Waals surface area (Å²) in [5.74, 6) is -0.547. The van der Waals surface area contributed by atoms with Crippen LogP contribution in [0.5, 0.6) is 0 Å². The molecule has 1 aromatic rings. The average molecular weight is 244 g/mol. The number of benzene rings is 1. The summed E-state index contributed by atoms with van der Waals surface area (Å²) in [6.07, 6.45) is 0. The van der Waals surface area contributed by atoms with Gasteiger partial charge in [0.15, 0.2) is 5.78 Å². The van der Waals surface area contributed by atoms with Crippen LogP contribution in [0.1, 0.15) is 26.3 Å². The molecule has 0 unspecified atom stereocenters. The highest BCUT2D eigenvalue weighted by atomic mass is 35.5. The number of ether oxygens (including phenoxy) is 1. The van der Waals surface area contributed by atoms with Crippen molar-refractivity contribution >= 4 is 24.2 Å². The highest BCUT2D eigenvalue weighted by molar-refractivity contribution is 5.99. The first-order chi connectivity index (χ1) is 7.10. The van der Waals surface area contributed by atoms with E-state index in [4.69, 9.17) is 5.73 Å². The number of nitrogens with two attached hydrogens (primary N) is 1. The minimum atomic E-state index is -0.403. The van der Waals surface area contributed by atoms with Gasteiger partial charge in [-0.1, -0.05) is 6.07 Å². The van der Waals surface area contributed by atoms with E-state index in [1.165, 1.54) is 7.11 Å². The van der Waals surface area contributed by atoms with Crippen molar-refractivity contribution in [2.24, 2.45) is 5.73 Å². The van der Waals surface area contributed by atoms with E-state index in [1.54, 1.807) is 25.1 Å². The predicted octanol–water partition coefficient (Wildman–Crippen LogP) is 1.34. The summed E-state index contributed by atoms with van der Waals surface area (Å²) in [5.41, 5.74) is 6.93. The molecule has 88 valence electrons. The molecule has 0 aliphatic rings. The van der Waals surface area contributed by atoms with Crippen molar-refractivity contribution in [1.29, 1.82) is 0 Å². The van der Waals surface area contributed by atoms with Crippen molar-refractivity contribution in [3.63, 3.8) is 0 Å². The smallest absolute Gasteiger partial charge is 0.338 e. The Kier molecular flexibility index (Phi) is 5.71. The number of carbonyl (C=O) groups is 2. The number of hydrogen-bond donors (Lipinski definition) is 1. The van der Waals surface area contributed by atoms with Gasteiger partial charge in [-0.05, 0) is 24.6 Å². The van der Waals surface area contributed by atoms with Crippen molar-refractivity contribution in [2.45, 2.75) is 6.92 Å². The van der Waals surface area contributed by atoms with E-state index < -0.39 is 5.97 Å². The Morgan fingerprint density at radius 1 is 1.38 bits per heavy atom. The Morgan fingerprint density at radius 3 is 2.44 bits per heavy atom. The first-order valence-electron chi connectivity index (χ1n) is 4.52. The second-order valence-corrected chi connectivity index (χ2v) is 3.15. The third kappa shape index (κ3) is 3.05. The van der Waals surface area contributed by atoms with E-state index in [0.29, 0.717) is 16.7 Å². The zero-order chi connectivity index (χ0) is 11.4. The van der Waals surface area contributed by atoms with Crippen LogP contribution in [0.2, 0.25) is 0 Å². The zero-order valence-corrected chi connectivity index (χ0v) is 9.97. The first kappa shape index (κ1) is 14.6. The van der Waals surface area contributed by atoms with Gasteiger partial charge in [0.05, 0.1) is 19.2 Å². The second-order valence-electron chi connectivity index (χ2n) is 3.15. The molecule has 4 nitrogen and oxygen atoms in total. The van der Waals surface area contributed by atoms with Crippen LogP contribution < -0.4 is 5.73 Å². The van der Waals surface area contributed by atoms with E-state index in [1.807, 2.05) is 0 Å². The number of rotatable bonds is 3. The molecule has 2 N–H and O–H groups in total. The molecule has 1 aromatic carbocycles. The predicted molar refractivity (Wildman–Crippen MR) is 63.2 cm³/mol. The zero-order valence-electron chi connectivity index (χ0n) is 9.15. The molecule has 0 aliphatic heterocycles. The number of methoxy groups -OCH3 is 1. The fraction of sp³-hybridized carbons (Fsp3) is 0.273. The molecule has 0 atom stereocenters. The Morgan fingerprint density at radius 2 is 2.00 bits per heavy atom. The van der Waals surface area contributed by atoms with E-state index in [-0.39, 0.29) is 24.7 Å². The monoisotopic (exact) mass is 243 g/mol. The van der Waals surface area contributed by atoms with Crippen molar-refractivity contribution in [2.75, 3.05) is 13.7 Å². The summed E-state index contributed by atoms with van der Waals surface area (Å²) >= 11 is 0.